The topological polar surface area (TPSA) is 73.8 Å². The van der Waals surface area contributed by atoms with E-state index in [2.05, 4.69) is 30.4 Å². The Morgan fingerprint density at radius 2 is 0.976 bits per heavy atom. The Kier molecular flexibility index (Phi) is 8.55. The zero-order valence-corrected chi connectivity index (χ0v) is 23.1. The molecule has 0 aromatic heterocycles. The summed E-state index contributed by atoms with van der Waals surface area (Å²) in [6.45, 7) is 1.31. The Bertz CT molecular complexity index is 1260. The SMILES string of the molecule is C(=C/[C@H]1OCO[C@H]2CO[C@@H](c3ccccc3)O[C@H]21)/c1cccc(/C=C\[C@H]2OCO[C@H]3CO[C@@H](c4ccccc4)O[C@H]32)c1. The molecule has 0 N–H and O–H groups in total. The minimum atomic E-state index is -0.447. The number of ether oxygens (including phenoxy) is 8. The highest BCUT2D eigenvalue weighted by molar-refractivity contribution is 5.58. The monoisotopic (exact) mass is 570 g/mol. The van der Waals surface area contributed by atoms with Crippen molar-refractivity contribution in [3.8, 4) is 0 Å². The maximum absolute atomic E-state index is 6.31. The zero-order chi connectivity index (χ0) is 28.1. The van der Waals surface area contributed by atoms with Crippen molar-refractivity contribution < 1.29 is 37.9 Å². The van der Waals surface area contributed by atoms with Crippen LogP contribution in [-0.4, -0.2) is 63.4 Å². The highest BCUT2D eigenvalue weighted by Crippen LogP contribution is 2.34. The lowest BCUT2D eigenvalue weighted by Gasteiger charge is -2.42. The van der Waals surface area contributed by atoms with Gasteiger partial charge in [-0.2, -0.15) is 0 Å². The van der Waals surface area contributed by atoms with Crippen LogP contribution in [0.2, 0.25) is 0 Å². The van der Waals surface area contributed by atoms with Crippen molar-refractivity contribution in [3.63, 3.8) is 0 Å². The van der Waals surface area contributed by atoms with Crippen LogP contribution in [0.1, 0.15) is 34.8 Å². The van der Waals surface area contributed by atoms with E-state index in [4.69, 9.17) is 37.9 Å². The van der Waals surface area contributed by atoms with Crippen molar-refractivity contribution in [1.29, 1.82) is 0 Å². The molecule has 3 aromatic rings. The van der Waals surface area contributed by atoms with Crippen molar-refractivity contribution in [2.75, 3.05) is 26.8 Å². The molecule has 0 radical (unpaired) electrons. The van der Waals surface area contributed by atoms with Crippen LogP contribution in [0.3, 0.4) is 0 Å². The van der Waals surface area contributed by atoms with Gasteiger partial charge in [0, 0.05) is 11.1 Å². The second-order valence-corrected chi connectivity index (χ2v) is 10.7. The zero-order valence-electron chi connectivity index (χ0n) is 23.1. The highest BCUT2D eigenvalue weighted by atomic mass is 16.8. The summed E-state index contributed by atoms with van der Waals surface area (Å²) in [5.41, 5.74) is 4.05. The van der Waals surface area contributed by atoms with E-state index >= 15 is 0 Å². The standard InChI is InChI=1S/C34H34O8/c1-3-10-25(11-4-1)33-35-19-29-31(41-33)27(37-21-39-29)16-14-23-8-7-9-24(18-23)15-17-28-32-30(40-22-38-28)20-36-34(42-32)26-12-5-2-6-13-26/h1-18,27-34H,19-22H2/b16-14-,17-15-/t27-,28-,29+,30+,31+,32+,33-,34-/m1/s1. The van der Waals surface area contributed by atoms with Gasteiger partial charge in [0.05, 0.1) is 13.2 Å². The molecule has 0 saturated carbocycles. The first kappa shape index (κ1) is 27.6. The molecule has 0 bridgehead atoms. The molecule has 8 atom stereocenters. The van der Waals surface area contributed by atoms with Gasteiger partial charge in [-0.1, -0.05) is 103 Å². The van der Waals surface area contributed by atoms with E-state index in [1.54, 1.807) is 0 Å². The Balaban J connectivity index is 1.02. The van der Waals surface area contributed by atoms with Crippen LogP contribution in [-0.2, 0) is 37.9 Å². The van der Waals surface area contributed by atoms with Crippen LogP contribution in [0.15, 0.2) is 97.1 Å². The maximum atomic E-state index is 6.31. The molecule has 4 fully saturated rings. The van der Waals surface area contributed by atoms with Gasteiger partial charge >= 0.3 is 0 Å². The van der Waals surface area contributed by atoms with Gasteiger partial charge in [-0.3, -0.25) is 0 Å². The number of hydrogen-bond acceptors (Lipinski definition) is 8. The van der Waals surface area contributed by atoms with E-state index in [-0.39, 0.29) is 50.2 Å². The summed E-state index contributed by atoms with van der Waals surface area (Å²) in [7, 11) is 0. The van der Waals surface area contributed by atoms with E-state index in [0.717, 1.165) is 22.3 Å². The molecule has 0 aliphatic carbocycles. The summed E-state index contributed by atoms with van der Waals surface area (Å²) in [5, 5.41) is 0. The molecular weight excluding hydrogens is 536 g/mol. The highest BCUT2D eigenvalue weighted by Gasteiger charge is 2.42. The first-order valence-corrected chi connectivity index (χ1v) is 14.4. The third-order valence-corrected chi connectivity index (χ3v) is 7.86. The Labute approximate surface area is 245 Å². The molecule has 4 saturated heterocycles. The lowest BCUT2D eigenvalue weighted by atomic mass is 10.0. The normalized spacial score (nSPS) is 33.3. The average Bonchev–Trinajstić information content (AvgIpc) is 3.07. The van der Waals surface area contributed by atoms with Gasteiger partial charge in [0.15, 0.2) is 12.6 Å². The van der Waals surface area contributed by atoms with E-state index in [9.17, 15) is 0 Å². The number of hydrogen-bond donors (Lipinski definition) is 0. The summed E-state index contributed by atoms with van der Waals surface area (Å²) < 4.78 is 47.9. The minimum absolute atomic E-state index is 0.181. The summed E-state index contributed by atoms with van der Waals surface area (Å²) in [6.07, 6.45) is 5.91. The third-order valence-electron chi connectivity index (χ3n) is 7.86. The fraction of sp³-hybridized carbons (Fsp3) is 0.353. The van der Waals surface area contributed by atoms with Gasteiger partial charge in [0.2, 0.25) is 0 Å². The molecule has 42 heavy (non-hydrogen) atoms. The van der Waals surface area contributed by atoms with Crippen LogP contribution in [0.5, 0.6) is 0 Å². The molecule has 0 amide bonds. The molecule has 7 rings (SSSR count). The fourth-order valence-corrected chi connectivity index (χ4v) is 5.64. The molecule has 8 nitrogen and oxygen atoms in total. The molecule has 3 aromatic carbocycles. The fourth-order valence-electron chi connectivity index (χ4n) is 5.64. The second-order valence-electron chi connectivity index (χ2n) is 10.7. The lowest BCUT2D eigenvalue weighted by molar-refractivity contribution is -0.326. The molecule has 0 unspecified atom stereocenters. The Morgan fingerprint density at radius 3 is 1.45 bits per heavy atom. The Hall–Kier alpha value is -3.18. The van der Waals surface area contributed by atoms with Gasteiger partial charge in [-0.25, -0.2) is 0 Å². The van der Waals surface area contributed by atoms with Crippen LogP contribution in [0.4, 0.5) is 0 Å². The number of rotatable bonds is 6. The molecule has 4 aliphatic heterocycles. The van der Waals surface area contributed by atoms with Crippen LogP contribution in [0, 0.1) is 0 Å². The molecule has 4 aliphatic rings. The Morgan fingerprint density at radius 1 is 0.500 bits per heavy atom. The second kappa shape index (κ2) is 13.0. The van der Waals surface area contributed by atoms with Gasteiger partial charge in [0.25, 0.3) is 0 Å². The molecular formula is C34H34O8. The lowest BCUT2D eigenvalue weighted by Crippen LogP contribution is -2.52. The van der Waals surface area contributed by atoms with Gasteiger partial charge in [0.1, 0.15) is 50.2 Å². The first-order valence-electron chi connectivity index (χ1n) is 14.4. The number of fused-ring (bicyclic) bond motifs is 2. The molecule has 218 valence electrons. The van der Waals surface area contributed by atoms with Crippen molar-refractivity contribution in [2.45, 2.75) is 49.2 Å². The van der Waals surface area contributed by atoms with E-state index in [1.165, 1.54) is 0 Å². The van der Waals surface area contributed by atoms with E-state index < -0.39 is 12.6 Å². The van der Waals surface area contributed by atoms with Crippen molar-refractivity contribution in [2.24, 2.45) is 0 Å². The maximum Gasteiger partial charge on any atom is 0.184 e. The van der Waals surface area contributed by atoms with Crippen LogP contribution < -0.4 is 0 Å². The van der Waals surface area contributed by atoms with Crippen molar-refractivity contribution in [3.05, 3.63) is 119 Å². The largest absolute Gasteiger partial charge is 0.347 e. The third kappa shape index (κ3) is 6.27. The van der Waals surface area contributed by atoms with Crippen molar-refractivity contribution >= 4 is 12.2 Å². The summed E-state index contributed by atoms with van der Waals surface area (Å²) in [6, 6.07) is 28.2. The van der Waals surface area contributed by atoms with Gasteiger partial charge in [-0.05, 0) is 17.2 Å². The number of benzene rings is 3. The summed E-state index contributed by atoms with van der Waals surface area (Å²) in [5.74, 6) is 0. The first-order chi connectivity index (χ1) is 20.8. The predicted octanol–water partition coefficient (Wildman–Crippen LogP) is 5.42. The molecule has 0 spiro atoms. The quantitative estimate of drug-likeness (QED) is 0.389. The minimum Gasteiger partial charge on any atom is -0.347 e. The average molecular weight is 571 g/mol. The van der Waals surface area contributed by atoms with Crippen molar-refractivity contribution in [1.82, 2.24) is 0 Å². The molecule has 8 heteroatoms. The van der Waals surface area contributed by atoms with Gasteiger partial charge < -0.3 is 37.9 Å². The van der Waals surface area contributed by atoms with Crippen LogP contribution in [0.25, 0.3) is 12.2 Å². The van der Waals surface area contributed by atoms with E-state index in [1.807, 2.05) is 78.9 Å². The van der Waals surface area contributed by atoms with E-state index in [0.29, 0.717) is 13.2 Å². The molecule has 4 heterocycles. The summed E-state index contributed by atoms with van der Waals surface area (Å²) >= 11 is 0. The smallest absolute Gasteiger partial charge is 0.184 e. The van der Waals surface area contributed by atoms with Gasteiger partial charge in [-0.15, -0.1) is 0 Å². The van der Waals surface area contributed by atoms with Crippen LogP contribution >= 0.6 is 0 Å². The predicted molar refractivity (Wildman–Crippen MR) is 154 cm³/mol. The summed E-state index contributed by atoms with van der Waals surface area (Å²) in [4.78, 5) is 0.